The van der Waals surface area contributed by atoms with E-state index in [2.05, 4.69) is 15.3 Å². The highest BCUT2D eigenvalue weighted by atomic mass is 16.5. The van der Waals surface area contributed by atoms with Crippen molar-refractivity contribution in [2.45, 2.75) is 12.8 Å². The molecule has 4 N–H and O–H groups in total. The Morgan fingerprint density at radius 3 is 2.36 bits per heavy atom. The van der Waals surface area contributed by atoms with Crippen LogP contribution in [0.15, 0.2) is 100.0 Å². The standard InChI is InChI=1S/C31H22N4O7/c36-20-12-13-24(37)19(16-20)11-10-17-14-22-27(25(15-17)42-31(22)41)32-33-28-26(18-6-2-1-3-7-18)34-35(29(28)38)23-9-5-4-8-21(23)30(39)40/h1-9,12-16,34,36-37H,10-11H2,(H,39,40). The van der Waals surface area contributed by atoms with Gasteiger partial charge in [0.1, 0.15) is 17.2 Å². The van der Waals surface area contributed by atoms with Crippen LogP contribution in [-0.2, 0) is 12.8 Å². The van der Waals surface area contributed by atoms with Crippen LogP contribution in [0.2, 0.25) is 0 Å². The Morgan fingerprint density at radius 2 is 1.60 bits per heavy atom. The van der Waals surface area contributed by atoms with Crippen LogP contribution < -0.4 is 10.3 Å². The number of para-hydroxylation sites is 1. The second-order valence-electron chi connectivity index (χ2n) is 9.56. The minimum atomic E-state index is -1.20. The van der Waals surface area contributed by atoms with Crippen LogP contribution in [0.25, 0.3) is 16.9 Å². The number of hydrogen-bond acceptors (Lipinski definition) is 8. The minimum absolute atomic E-state index is 0.0351. The van der Waals surface area contributed by atoms with Gasteiger partial charge in [-0.25, -0.2) is 14.3 Å². The molecule has 0 amide bonds. The number of phenolic OH excluding ortho intramolecular Hbond substituents is 2. The molecule has 0 unspecified atom stereocenters. The van der Waals surface area contributed by atoms with Crippen LogP contribution in [0, 0.1) is 0 Å². The molecule has 0 aliphatic carbocycles. The fourth-order valence-electron chi connectivity index (χ4n) is 4.80. The van der Waals surface area contributed by atoms with Crippen molar-refractivity contribution in [3.63, 3.8) is 0 Å². The monoisotopic (exact) mass is 562 g/mol. The smallest absolute Gasteiger partial charge is 0.346 e. The number of hydrogen-bond donors (Lipinski definition) is 4. The average molecular weight is 563 g/mol. The van der Waals surface area contributed by atoms with Crippen molar-refractivity contribution in [2.75, 3.05) is 0 Å². The third kappa shape index (κ3) is 4.79. The molecule has 0 saturated carbocycles. The highest BCUT2D eigenvalue weighted by molar-refractivity contribution is 6.03. The Balaban J connectivity index is 1.38. The normalized spacial score (nSPS) is 12.1. The molecule has 4 aromatic carbocycles. The molecule has 5 aromatic rings. The summed E-state index contributed by atoms with van der Waals surface area (Å²) in [5.41, 5.74) is 1.85. The molecule has 11 nitrogen and oxygen atoms in total. The number of aromatic hydroxyl groups is 2. The summed E-state index contributed by atoms with van der Waals surface area (Å²) in [6.45, 7) is 0. The highest BCUT2D eigenvalue weighted by Crippen LogP contribution is 2.41. The van der Waals surface area contributed by atoms with Gasteiger partial charge in [-0.1, -0.05) is 42.5 Å². The Morgan fingerprint density at radius 1 is 0.857 bits per heavy atom. The molecule has 1 aliphatic heterocycles. The number of aryl methyl sites for hydroxylation is 2. The number of carboxylic acids is 1. The van der Waals surface area contributed by atoms with E-state index in [9.17, 15) is 29.7 Å². The number of phenols is 2. The lowest BCUT2D eigenvalue weighted by molar-refractivity contribution is 0.0695. The number of carbonyl (C=O) groups is 2. The number of azo groups is 1. The number of H-pyrrole nitrogens is 1. The van der Waals surface area contributed by atoms with Gasteiger partial charge >= 0.3 is 11.9 Å². The van der Waals surface area contributed by atoms with Crippen LogP contribution in [0.1, 0.15) is 31.8 Å². The lowest BCUT2D eigenvalue weighted by Gasteiger charge is -2.06. The van der Waals surface area contributed by atoms with Gasteiger partial charge in [0.2, 0.25) is 0 Å². The molecule has 11 heteroatoms. The van der Waals surface area contributed by atoms with Gasteiger partial charge in [-0.05, 0) is 66.4 Å². The van der Waals surface area contributed by atoms with Gasteiger partial charge in [-0.2, -0.15) is 0 Å². The Hall–Kier alpha value is -5.97. The van der Waals surface area contributed by atoms with Crippen molar-refractivity contribution >= 4 is 23.3 Å². The van der Waals surface area contributed by atoms with Gasteiger partial charge in [0.25, 0.3) is 5.56 Å². The van der Waals surface area contributed by atoms with Gasteiger partial charge in [-0.15, -0.1) is 10.2 Å². The molecule has 0 atom stereocenters. The van der Waals surface area contributed by atoms with E-state index in [1.165, 1.54) is 30.3 Å². The topological polar surface area (TPSA) is 167 Å². The molecular weight excluding hydrogens is 540 g/mol. The predicted octanol–water partition coefficient (Wildman–Crippen LogP) is 5.68. The van der Waals surface area contributed by atoms with E-state index in [1.54, 1.807) is 48.5 Å². The van der Waals surface area contributed by atoms with E-state index in [4.69, 9.17) is 4.74 Å². The molecule has 2 bridgehead atoms. The zero-order valence-electron chi connectivity index (χ0n) is 21.8. The van der Waals surface area contributed by atoms with E-state index in [0.29, 0.717) is 29.7 Å². The first-order valence-electron chi connectivity index (χ1n) is 12.8. The quantitative estimate of drug-likeness (QED) is 0.107. The molecule has 1 aliphatic rings. The van der Waals surface area contributed by atoms with E-state index in [0.717, 1.165) is 10.2 Å². The van der Waals surface area contributed by atoms with Crippen molar-refractivity contribution in [1.82, 2.24) is 9.78 Å². The maximum atomic E-state index is 13.6. The van der Waals surface area contributed by atoms with Gasteiger partial charge in [0, 0.05) is 5.56 Å². The molecule has 2 heterocycles. The van der Waals surface area contributed by atoms with Crippen molar-refractivity contribution < 1.29 is 29.6 Å². The summed E-state index contributed by atoms with van der Waals surface area (Å²) in [4.78, 5) is 38.0. The first kappa shape index (κ1) is 26.3. The number of aromatic amines is 1. The summed E-state index contributed by atoms with van der Waals surface area (Å²) in [5.74, 6) is -1.56. The van der Waals surface area contributed by atoms with Gasteiger partial charge < -0.3 is 20.1 Å². The summed E-state index contributed by atoms with van der Waals surface area (Å²) in [5, 5.41) is 40.9. The minimum Gasteiger partial charge on any atom is -0.508 e. The van der Waals surface area contributed by atoms with Gasteiger partial charge in [-0.3, -0.25) is 9.89 Å². The third-order valence-corrected chi connectivity index (χ3v) is 6.86. The second-order valence-corrected chi connectivity index (χ2v) is 9.56. The number of ether oxygens (including phenoxy) is 1. The van der Waals surface area contributed by atoms with E-state index < -0.39 is 17.5 Å². The average Bonchev–Trinajstić information content (AvgIpc) is 3.40. The van der Waals surface area contributed by atoms with Crippen molar-refractivity contribution in [2.24, 2.45) is 10.2 Å². The first-order chi connectivity index (χ1) is 20.3. The number of esters is 1. The number of nitrogens with zero attached hydrogens (tertiary/aromatic N) is 3. The maximum absolute atomic E-state index is 13.6. The zero-order valence-corrected chi connectivity index (χ0v) is 21.8. The van der Waals surface area contributed by atoms with Crippen molar-refractivity contribution in [1.29, 1.82) is 0 Å². The first-order valence-corrected chi connectivity index (χ1v) is 12.8. The van der Waals surface area contributed by atoms with Crippen LogP contribution in [0.3, 0.4) is 0 Å². The fourth-order valence-corrected chi connectivity index (χ4v) is 4.80. The maximum Gasteiger partial charge on any atom is 0.346 e. The Labute approximate surface area is 237 Å². The molecule has 6 rings (SSSR count). The lowest BCUT2D eigenvalue weighted by atomic mass is 10.0. The number of aromatic nitrogens is 2. The van der Waals surface area contributed by atoms with Crippen molar-refractivity contribution in [3.8, 4) is 34.2 Å². The second kappa shape index (κ2) is 10.5. The highest BCUT2D eigenvalue weighted by Gasteiger charge is 2.28. The zero-order chi connectivity index (χ0) is 29.4. The summed E-state index contributed by atoms with van der Waals surface area (Å²) in [6, 6.07) is 22.5. The van der Waals surface area contributed by atoms with Gasteiger partial charge in [0.15, 0.2) is 11.4 Å². The van der Waals surface area contributed by atoms with Crippen LogP contribution in [-0.4, -0.2) is 37.0 Å². The largest absolute Gasteiger partial charge is 0.508 e. The molecule has 42 heavy (non-hydrogen) atoms. The molecule has 0 spiro atoms. The Bertz CT molecular complexity index is 1960. The number of carbonyl (C=O) groups excluding carboxylic acids is 1. The molecular formula is C31H22N4O7. The van der Waals surface area contributed by atoms with Crippen LogP contribution >= 0.6 is 0 Å². The number of aromatic carboxylic acids is 1. The SMILES string of the molecule is O=C(O)c1ccccc1-n1[nH]c(-c2ccccc2)c(N=Nc2c3cc(CCc4cc(O)ccc4O)cc2C(=O)O3)c1=O. The lowest BCUT2D eigenvalue weighted by Crippen LogP contribution is -2.17. The summed E-state index contributed by atoms with van der Waals surface area (Å²) in [7, 11) is 0. The number of rotatable bonds is 8. The molecule has 1 aromatic heterocycles. The molecule has 0 saturated heterocycles. The van der Waals surface area contributed by atoms with E-state index >= 15 is 0 Å². The summed E-state index contributed by atoms with van der Waals surface area (Å²) >= 11 is 0. The molecule has 0 fully saturated rings. The number of nitrogens with one attached hydrogen (secondary N) is 1. The molecule has 208 valence electrons. The fraction of sp³-hybridized carbons (Fsp3) is 0.0645. The van der Waals surface area contributed by atoms with Crippen LogP contribution in [0.5, 0.6) is 17.2 Å². The summed E-state index contributed by atoms with van der Waals surface area (Å²) in [6.07, 6.45) is 0.837. The Kier molecular flexibility index (Phi) is 6.59. The van der Waals surface area contributed by atoms with Crippen LogP contribution in [0.4, 0.5) is 11.4 Å². The summed E-state index contributed by atoms with van der Waals surface area (Å²) < 4.78 is 6.47. The predicted molar refractivity (Wildman–Crippen MR) is 152 cm³/mol. The number of carboxylic acid groups (broad SMARTS) is 1. The number of fused-ring (bicyclic) bond motifs is 2. The van der Waals surface area contributed by atoms with E-state index in [1.807, 2.05) is 6.07 Å². The molecule has 0 radical (unpaired) electrons. The van der Waals surface area contributed by atoms with Crippen molar-refractivity contribution in [3.05, 3.63) is 118 Å². The van der Waals surface area contributed by atoms with Gasteiger partial charge in [0.05, 0.1) is 22.5 Å². The number of benzene rings is 4. The van der Waals surface area contributed by atoms with E-state index in [-0.39, 0.29) is 45.4 Å². The third-order valence-electron chi connectivity index (χ3n) is 6.86.